The first-order valence-corrected chi connectivity index (χ1v) is 13.3. The third kappa shape index (κ3) is 12.6. The summed E-state index contributed by atoms with van der Waals surface area (Å²) in [6, 6.07) is 13.0. The molecule has 0 fully saturated rings. The van der Waals surface area contributed by atoms with Crippen LogP contribution >= 0.6 is 0 Å². The van der Waals surface area contributed by atoms with Crippen LogP contribution in [0.3, 0.4) is 0 Å². The number of hydrogen-bond donors (Lipinski definition) is 1. The number of nitrogens with zero attached hydrogens (tertiary/aromatic N) is 4. The molecule has 0 radical (unpaired) electrons. The lowest BCUT2D eigenvalue weighted by molar-refractivity contribution is -0.274. The van der Waals surface area contributed by atoms with Gasteiger partial charge in [-0.2, -0.15) is 8.42 Å². The lowest BCUT2D eigenvalue weighted by Crippen LogP contribution is -2.16. The van der Waals surface area contributed by atoms with Gasteiger partial charge < -0.3 is 18.6 Å². The average Bonchev–Trinajstić information content (AvgIpc) is 3.56. The van der Waals surface area contributed by atoms with E-state index in [2.05, 4.69) is 20.0 Å². The van der Waals surface area contributed by atoms with Crippen molar-refractivity contribution < 1.29 is 44.8 Å². The molecule has 2 heterocycles. The number of rotatable bonds is 11. The molecule has 0 bridgehead atoms. The van der Waals surface area contributed by atoms with Gasteiger partial charge in [0.05, 0.1) is 32.2 Å². The van der Waals surface area contributed by atoms with E-state index in [1.807, 2.05) is 24.3 Å². The zero-order chi connectivity index (χ0) is 29.0. The van der Waals surface area contributed by atoms with Crippen molar-refractivity contribution in [3.8, 4) is 11.5 Å². The second-order valence-corrected chi connectivity index (χ2v) is 9.48. The molecule has 0 amide bonds. The molecule has 0 atom stereocenters. The fourth-order valence-electron chi connectivity index (χ4n) is 2.95. The first-order valence-electron chi connectivity index (χ1n) is 11.5. The van der Waals surface area contributed by atoms with Crippen molar-refractivity contribution in [3.05, 3.63) is 89.9 Å². The molecule has 15 heteroatoms. The van der Waals surface area contributed by atoms with E-state index in [0.29, 0.717) is 48.9 Å². The Balaban J connectivity index is 0.000000810. The fourth-order valence-corrected chi connectivity index (χ4v) is 2.95. The van der Waals surface area contributed by atoms with Crippen LogP contribution in [-0.4, -0.2) is 52.2 Å². The first-order chi connectivity index (χ1) is 18.9. The van der Waals surface area contributed by atoms with E-state index in [4.69, 9.17) is 18.4 Å². The summed E-state index contributed by atoms with van der Waals surface area (Å²) in [5, 5.41) is 7.61. The minimum Gasteiger partial charge on any atom is -0.487 e. The van der Waals surface area contributed by atoms with Gasteiger partial charge in [0.1, 0.15) is 30.1 Å². The molecule has 0 aliphatic carbocycles. The lowest BCUT2D eigenvalue weighted by Gasteiger charge is -2.08. The van der Waals surface area contributed by atoms with Crippen molar-refractivity contribution in [1.82, 2.24) is 20.0 Å². The van der Waals surface area contributed by atoms with Gasteiger partial charge in [0.15, 0.2) is 0 Å². The van der Waals surface area contributed by atoms with Gasteiger partial charge in [-0.25, -0.2) is 4.98 Å². The zero-order valence-corrected chi connectivity index (χ0v) is 21.9. The van der Waals surface area contributed by atoms with Crippen LogP contribution in [0.15, 0.2) is 71.6 Å². The fraction of sp³-hybridized carbons (Fsp3) is 0.240. The smallest absolute Gasteiger partial charge is 0.487 e. The van der Waals surface area contributed by atoms with Crippen LogP contribution < -0.4 is 9.47 Å². The predicted molar refractivity (Wildman–Crippen MR) is 136 cm³/mol. The summed E-state index contributed by atoms with van der Waals surface area (Å²) in [6.45, 7) is 1.86. The molecule has 2 aromatic heterocycles. The number of alkyl halides is 3. The summed E-state index contributed by atoms with van der Waals surface area (Å²) >= 11 is 0. The topological polar surface area (TPSA) is 139 Å². The molecule has 0 saturated carbocycles. The summed E-state index contributed by atoms with van der Waals surface area (Å²) in [5.41, 5.74) is 2.28. The third-order valence-electron chi connectivity index (χ3n) is 4.62. The maximum absolute atomic E-state index is 12.2. The highest BCUT2D eigenvalue weighted by atomic mass is 32.2. The normalized spacial score (nSPS) is 11.7. The molecule has 0 unspecified atom stereocenters. The maximum atomic E-state index is 12.2. The molecule has 11 nitrogen and oxygen atoms in total. The van der Waals surface area contributed by atoms with Crippen molar-refractivity contribution in [1.29, 1.82) is 0 Å². The third-order valence-corrected chi connectivity index (χ3v) is 4.62. The standard InChI is InChI=1S/C24H21F3N4O4.CH4O3S/c25-24(26,27)35-22-8-1-18(2-9-22)5-10-23-29-20(17-34-23)16-33-21-6-3-19(4-7-21)15-32-14-13-31-12-11-28-30-31;1-5(2,3)4/h1-12,17H,13-16H2;1H3,(H,2,3,4)/b10-5+;. The van der Waals surface area contributed by atoms with Crippen molar-refractivity contribution >= 4 is 22.3 Å². The molecule has 0 aliphatic heterocycles. The summed E-state index contributed by atoms with van der Waals surface area (Å²) in [7, 11) is -3.67. The molecule has 4 rings (SSSR count). The van der Waals surface area contributed by atoms with Crippen LogP contribution in [0.4, 0.5) is 13.2 Å². The van der Waals surface area contributed by atoms with Gasteiger partial charge in [-0.15, -0.1) is 18.3 Å². The number of oxazole rings is 1. The number of aromatic nitrogens is 4. The molecule has 4 aromatic rings. The molecule has 40 heavy (non-hydrogen) atoms. The number of benzene rings is 2. The minimum absolute atomic E-state index is 0.217. The van der Waals surface area contributed by atoms with Crippen molar-refractivity contribution in [2.45, 2.75) is 26.1 Å². The van der Waals surface area contributed by atoms with Crippen LogP contribution in [0.1, 0.15) is 22.7 Å². The Morgan fingerprint density at radius 1 is 1.02 bits per heavy atom. The van der Waals surface area contributed by atoms with Gasteiger partial charge in [-0.1, -0.05) is 29.5 Å². The van der Waals surface area contributed by atoms with Gasteiger partial charge in [-0.05, 0) is 41.5 Å². The monoisotopic (exact) mass is 582 g/mol. The van der Waals surface area contributed by atoms with Gasteiger partial charge in [0.2, 0.25) is 5.89 Å². The number of hydrogen-bond acceptors (Lipinski definition) is 9. The van der Waals surface area contributed by atoms with Gasteiger partial charge in [-0.3, -0.25) is 9.23 Å². The van der Waals surface area contributed by atoms with Crippen molar-refractivity contribution in [2.75, 3.05) is 12.9 Å². The maximum Gasteiger partial charge on any atom is 0.573 e. The van der Waals surface area contributed by atoms with Crippen molar-refractivity contribution in [2.24, 2.45) is 0 Å². The molecular weight excluding hydrogens is 557 g/mol. The molecule has 0 spiro atoms. The highest BCUT2D eigenvalue weighted by Gasteiger charge is 2.30. The molecule has 2 aromatic carbocycles. The van der Waals surface area contributed by atoms with Crippen LogP contribution in [0.25, 0.3) is 12.2 Å². The Labute approximate surface area is 227 Å². The largest absolute Gasteiger partial charge is 0.573 e. The second kappa shape index (κ2) is 14.3. The Hall–Kier alpha value is -4.21. The number of ether oxygens (including phenoxy) is 3. The van der Waals surface area contributed by atoms with E-state index in [9.17, 15) is 21.6 Å². The van der Waals surface area contributed by atoms with E-state index in [1.54, 1.807) is 29.2 Å². The van der Waals surface area contributed by atoms with E-state index >= 15 is 0 Å². The second-order valence-electron chi connectivity index (χ2n) is 8.01. The van der Waals surface area contributed by atoms with Crippen molar-refractivity contribution in [3.63, 3.8) is 0 Å². The lowest BCUT2D eigenvalue weighted by atomic mass is 10.2. The quantitative estimate of drug-likeness (QED) is 0.197. The minimum atomic E-state index is -4.72. The van der Waals surface area contributed by atoms with E-state index < -0.39 is 16.5 Å². The Morgan fingerprint density at radius 3 is 2.33 bits per heavy atom. The highest BCUT2D eigenvalue weighted by molar-refractivity contribution is 7.85. The Bertz CT molecular complexity index is 1430. The van der Waals surface area contributed by atoms with E-state index in [0.717, 1.165) is 5.56 Å². The molecule has 0 aliphatic rings. The van der Waals surface area contributed by atoms with Crippen LogP contribution in [0.2, 0.25) is 0 Å². The summed E-state index contributed by atoms with van der Waals surface area (Å²) in [4.78, 5) is 4.31. The van der Waals surface area contributed by atoms with E-state index in [1.165, 1.54) is 30.5 Å². The highest BCUT2D eigenvalue weighted by Crippen LogP contribution is 2.23. The Kier molecular flexibility index (Phi) is 10.8. The predicted octanol–water partition coefficient (Wildman–Crippen LogP) is 4.63. The average molecular weight is 583 g/mol. The van der Waals surface area contributed by atoms with Crippen LogP contribution in [-0.2, 0) is 34.6 Å². The van der Waals surface area contributed by atoms with Gasteiger partial charge in [0, 0.05) is 12.3 Å². The van der Waals surface area contributed by atoms with Gasteiger partial charge >= 0.3 is 6.36 Å². The summed E-state index contributed by atoms with van der Waals surface area (Å²) in [5.74, 6) is 0.740. The van der Waals surface area contributed by atoms with Crippen LogP contribution in [0.5, 0.6) is 11.5 Å². The summed E-state index contributed by atoms with van der Waals surface area (Å²) in [6.07, 6.45) is 4.16. The zero-order valence-electron chi connectivity index (χ0n) is 21.1. The molecular formula is C25H25F3N4O7S. The molecule has 214 valence electrons. The van der Waals surface area contributed by atoms with Gasteiger partial charge in [0.25, 0.3) is 10.1 Å². The summed E-state index contributed by atoms with van der Waals surface area (Å²) < 4.78 is 84.9. The molecule has 1 N–H and O–H groups in total. The van der Waals surface area contributed by atoms with E-state index in [-0.39, 0.29) is 12.4 Å². The first kappa shape index (κ1) is 30.3. The SMILES string of the molecule is CS(=O)(=O)O.FC(F)(F)Oc1ccc(/C=C/c2nc(COc3ccc(COCCn4ccnn4)cc3)co2)cc1. The molecule has 0 saturated heterocycles. The van der Waals surface area contributed by atoms with Crippen LogP contribution in [0, 0.1) is 0 Å². The Morgan fingerprint density at radius 2 is 1.70 bits per heavy atom. The number of halogens is 3.